The first-order valence-electron chi connectivity index (χ1n) is 8.95. The van der Waals surface area contributed by atoms with E-state index < -0.39 is 0 Å². The topological polar surface area (TPSA) is 73.9 Å². The first-order chi connectivity index (χ1) is 13.6. The van der Waals surface area contributed by atoms with Crippen LogP contribution in [0.1, 0.15) is 22.8 Å². The van der Waals surface area contributed by atoms with Gasteiger partial charge in [-0.05, 0) is 43.2 Å². The van der Waals surface area contributed by atoms with E-state index in [0.29, 0.717) is 36.6 Å². The van der Waals surface area contributed by atoms with Crippen molar-refractivity contribution in [2.45, 2.75) is 18.2 Å². The third-order valence-electron chi connectivity index (χ3n) is 3.92. The molecule has 28 heavy (non-hydrogen) atoms. The summed E-state index contributed by atoms with van der Waals surface area (Å²) >= 11 is 1.32. The second kappa shape index (κ2) is 11.2. The Hall–Kier alpha value is -2.67. The molecule has 0 saturated heterocycles. The second-order valence-electron chi connectivity index (χ2n) is 5.79. The van der Waals surface area contributed by atoms with E-state index in [2.05, 4.69) is 5.32 Å². The minimum absolute atomic E-state index is 0.0934. The maximum Gasteiger partial charge on any atom is 0.339 e. The molecule has 2 rings (SSSR count). The summed E-state index contributed by atoms with van der Waals surface area (Å²) in [6.45, 7) is 2.59. The smallest absolute Gasteiger partial charge is 0.339 e. The van der Waals surface area contributed by atoms with Crippen LogP contribution in [0.15, 0.2) is 47.4 Å². The number of ether oxygens (including phenoxy) is 3. The number of carbonyl (C=O) groups is 2. The predicted molar refractivity (Wildman–Crippen MR) is 109 cm³/mol. The molecule has 2 aromatic carbocycles. The standard InChI is InChI=1S/C21H25NO5S/c1-4-27-21(24)16-7-5-6-8-19(16)28-14-20(23)22-12-11-15-9-10-17(25-2)18(13-15)26-3/h5-10,13H,4,11-12,14H2,1-3H3,(H,22,23). The molecule has 0 aliphatic heterocycles. The lowest BCUT2D eigenvalue weighted by molar-refractivity contribution is -0.118. The van der Waals surface area contributed by atoms with Crippen molar-refractivity contribution in [2.75, 3.05) is 33.1 Å². The molecule has 1 N–H and O–H groups in total. The summed E-state index contributed by atoms with van der Waals surface area (Å²) in [6, 6.07) is 12.8. The van der Waals surface area contributed by atoms with Crippen molar-refractivity contribution in [2.24, 2.45) is 0 Å². The van der Waals surface area contributed by atoms with E-state index in [0.717, 1.165) is 10.5 Å². The van der Waals surface area contributed by atoms with E-state index in [1.54, 1.807) is 33.3 Å². The number of hydrogen-bond acceptors (Lipinski definition) is 6. The molecule has 1 amide bonds. The van der Waals surface area contributed by atoms with Gasteiger partial charge >= 0.3 is 5.97 Å². The van der Waals surface area contributed by atoms with Gasteiger partial charge in [0.15, 0.2) is 11.5 Å². The SMILES string of the molecule is CCOC(=O)c1ccccc1SCC(=O)NCCc1ccc(OC)c(OC)c1. The summed E-state index contributed by atoms with van der Waals surface area (Å²) in [4.78, 5) is 24.9. The normalized spacial score (nSPS) is 10.2. The van der Waals surface area contributed by atoms with E-state index >= 15 is 0 Å². The highest BCUT2D eigenvalue weighted by molar-refractivity contribution is 8.00. The molecule has 0 aliphatic rings. The van der Waals surface area contributed by atoms with Gasteiger partial charge in [-0.1, -0.05) is 18.2 Å². The van der Waals surface area contributed by atoms with Gasteiger partial charge in [0.25, 0.3) is 0 Å². The number of amides is 1. The Morgan fingerprint density at radius 3 is 2.50 bits per heavy atom. The summed E-state index contributed by atoms with van der Waals surface area (Å²) in [5, 5.41) is 2.89. The predicted octanol–water partition coefficient (Wildman–Crippen LogP) is 3.33. The van der Waals surface area contributed by atoms with Crippen molar-refractivity contribution in [1.82, 2.24) is 5.32 Å². The molecule has 0 aliphatic carbocycles. The van der Waals surface area contributed by atoms with Gasteiger partial charge in [0.1, 0.15) is 0 Å². The summed E-state index contributed by atoms with van der Waals surface area (Å²) in [5.41, 5.74) is 1.52. The molecule has 0 bridgehead atoms. The number of nitrogens with one attached hydrogen (secondary N) is 1. The van der Waals surface area contributed by atoms with Gasteiger partial charge in [0.05, 0.1) is 32.1 Å². The highest BCUT2D eigenvalue weighted by Gasteiger charge is 2.13. The molecule has 0 fully saturated rings. The number of hydrogen-bond donors (Lipinski definition) is 1. The van der Waals surface area contributed by atoms with Gasteiger partial charge in [-0.25, -0.2) is 4.79 Å². The molecular formula is C21H25NO5S. The average molecular weight is 404 g/mol. The van der Waals surface area contributed by atoms with E-state index in [1.807, 2.05) is 30.3 Å². The average Bonchev–Trinajstić information content (AvgIpc) is 2.72. The highest BCUT2D eigenvalue weighted by Crippen LogP contribution is 2.27. The van der Waals surface area contributed by atoms with Crippen LogP contribution in [0.2, 0.25) is 0 Å². The number of thioether (sulfide) groups is 1. The maximum atomic E-state index is 12.1. The quantitative estimate of drug-likeness (QED) is 0.485. The maximum absolute atomic E-state index is 12.1. The molecular weight excluding hydrogens is 378 g/mol. The lowest BCUT2D eigenvalue weighted by Crippen LogP contribution is -2.27. The van der Waals surface area contributed by atoms with Crippen LogP contribution in [0.25, 0.3) is 0 Å². The molecule has 7 heteroatoms. The van der Waals surface area contributed by atoms with Gasteiger partial charge in [0.2, 0.25) is 5.91 Å². The first-order valence-corrected chi connectivity index (χ1v) is 9.94. The van der Waals surface area contributed by atoms with Gasteiger partial charge in [-0.3, -0.25) is 4.79 Å². The summed E-state index contributed by atoms with van der Waals surface area (Å²) in [6.07, 6.45) is 0.677. The zero-order valence-corrected chi connectivity index (χ0v) is 17.1. The molecule has 0 spiro atoms. The highest BCUT2D eigenvalue weighted by atomic mass is 32.2. The van der Waals surface area contributed by atoms with Crippen LogP contribution in [0.3, 0.4) is 0 Å². The molecule has 150 valence electrons. The van der Waals surface area contributed by atoms with Crippen LogP contribution >= 0.6 is 11.8 Å². The molecule has 0 aromatic heterocycles. The minimum atomic E-state index is -0.375. The van der Waals surface area contributed by atoms with Gasteiger partial charge in [-0.15, -0.1) is 11.8 Å². The largest absolute Gasteiger partial charge is 0.493 e. The van der Waals surface area contributed by atoms with Crippen LogP contribution in [-0.4, -0.2) is 45.0 Å². The van der Waals surface area contributed by atoms with Crippen LogP contribution in [0, 0.1) is 0 Å². The zero-order chi connectivity index (χ0) is 20.4. The summed E-state index contributed by atoms with van der Waals surface area (Å²) in [5.74, 6) is 1.09. The molecule has 0 atom stereocenters. The Morgan fingerprint density at radius 2 is 1.79 bits per heavy atom. The molecule has 0 unspecified atom stereocenters. The summed E-state index contributed by atoms with van der Waals surface area (Å²) < 4.78 is 15.6. The van der Waals surface area contributed by atoms with Crippen LogP contribution in [0.4, 0.5) is 0 Å². The van der Waals surface area contributed by atoms with Crippen molar-refractivity contribution in [3.63, 3.8) is 0 Å². The Labute approximate surface area is 169 Å². The molecule has 0 heterocycles. The molecule has 2 aromatic rings. The van der Waals surface area contributed by atoms with E-state index in [1.165, 1.54) is 11.8 Å². The molecule has 0 radical (unpaired) electrons. The number of benzene rings is 2. The Balaban J connectivity index is 1.83. The Bertz CT molecular complexity index is 809. The van der Waals surface area contributed by atoms with Crippen molar-refractivity contribution < 1.29 is 23.8 Å². The number of carbonyl (C=O) groups excluding carboxylic acids is 2. The second-order valence-corrected chi connectivity index (χ2v) is 6.81. The van der Waals surface area contributed by atoms with E-state index in [4.69, 9.17) is 14.2 Å². The van der Waals surface area contributed by atoms with Crippen molar-refractivity contribution >= 4 is 23.6 Å². The minimum Gasteiger partial charge on any atom is -0.493 e. The van der Waals surface area contributed by atoms with Crippen LogP contribution in [-0.2, 0) is 16.0 Å². The van der Waals surface area contributed by atoms with Crippen molar-refractivity contribution in [3.05, 3.63) is 53.6 Å². The molecule has 6 nitrogen and oxygen atoms in total. The fourth-order valence-electron chi connectivity index (χ4n) is 2.55. The van der Waals surface area contributed by atoms with Crippen LogP contribution < -0.4 is 14.8 Å². The Kier molecular flexibility index (Phi) is 8.68. The van der Waals surface area contributed by atoms with Crippen LogP contribution in [0.5, 0.6) is 11.5 Å². The summed E-state index contributed by atoms with van der Waals surface area (Å²) in [7, 11) is 3.18. The number of methoxy groups -OCH3 is 2. The zero-order valence-electron chi connectivity index (χ0n) is 16.3. The van der Waals surface area contributed by atoms with E-state index in [9.17, 15) is 9.59 Å². The molecule has 0 saturated carbocycles. The van der Waals surface area contributed by atoms with E-state index in [-0.39, 0.29) is 17.6 Å². The Morgan fingerprint density at radius 1 is 1.04 bits per heavy atom. The van der Waals surface area contributed by atoms with Crippen molar-refractivity contribution in [3.8, 4) is 11.5 Å². The lowest BCUT2D eigenvalue weighted by Gasteiger charge is -2.10. The number of esters is 1. The lowest BCUT2D eigenvalue weighted by atomic mass is 10.1. The first kappa shape index (κ1) is 21.6. The third-order valence-corrected chi connectivity index (χ3v) is 5.00. The fraction of sp³-hybridized carbons (Fsp3) is 0.333. The number of rotatable bonds is 10. The third kappa shape index (κ3) is 6.20. The van der Waals surface area contributed by atoms with Gasteiger partial charge < -0.3 is 19.5 Å². The fourth-order valence-corrected chi connectivity index (χ4v) is 3.42. The van der Waals surface area contributed by atoms with Gasteiger partial charge in [0, 0.05) is 11.4 Å². The van der Waals surface area contributed by atoms with Gasteiger partial charge in [-0.2, -0.15) is 0 Å². The monoisotopic (exact) mass is 403 g/mol. The van der Waals surface area contributed by atoms with Crippen molar-refractivity contribution in [1.29, 1.82) is 0 Å².